The number of nitrogens with zero attached hydrogens (tertiary/aromatic N) is 1. The molecule has 0 saturated carbocycles. The summed E-state index contributed by atoms with van der Waals surface area (Å²) < 4.78 is 5.60. The number of aryl methyl sites for hydroxylation is 4. The maximum Gasteiger partial charge on any atom is 0.243 e. The minimum absolute atomic E-state index is 0.0265. The highest BCUT2D eigenvalue weighted by Crippen LogP contribution is 2.22. The molecule has 5 heteroatoms. The molecule has 0 aliphatic carbocycles. The van der Waals surface area contributed by atoms with Crippen LogP contribution in [0.15, 0.2) is 36.4 Å². The van der Waals surface area contributed by atoms with Crippen LogP contribution in [0.5, 0.6) is 5.75 Å². The molecule has 5 nitrogen and oxygen atoms in total. The number of likely N-dealkylation sites (N-methyl/N-ethyl adjacent to an activating group) is 1. The van der Waals surface area contributed by atoms with Crippen molar-refractivity contribution in [3.8, 4) is 5.75 Å². The van der Waals surface area contributed by atoms with Crippen LogP contribution in [0.1, 0.15) is 35.6 Å². The van der Waals surface area contributed by atoms with Crippen LogP contribution in [-0.2, 0) is 16.0 Å². The van der Waals surface area contributed by atoms with Crippen molar-refractivity contribution in [1.29, 1.82) is 0 Å². The highest BCUT2D eigenvalue weighted by atomic mass is 16.5. The Kier molecular flexibility index (Phi) is 7.61. The van der Waals surface area contributed by atoms with Gasteiger partial charge in [0, 0.05) is 19.2 Å². The lowest BCUT2D eigenvalue weighted by Crippen LogP contribution is -2.35. The van der Waals surface area contributed by atoms with E-state index in [1.807, 2.05) is 64.1 Å². The second-order valence-electron chi connectivity index (χ2n) is 7.11. The number of hydrogen-bond acceptors (Lipinski definition) is 3. The smallest absolute Gasteiger partial charge is 0.243 e. The molecule has 0 saturated heterocycles. The summed E-state index contributed by atoms with van der Waals surface area (Å²) in [6, 6.07) is 11.8. The Balaban J connectivity index is 1.91. The van der Waals surface area contributed by atoms with E-state index in [2.05, 4.69) is 5.32 Å². The molecular weight excluding hydrogens is 352 g/mol. The maximum absolute atomic E-state index is 12.5. The second-order valence-corrected chi connectivity index (χ2v) is 7.11. The predicted molar refractivity (Wildman–Crippen MR) is 113 cm³/mol. The molecule has 2 aromatic carbocycles. The minimum Gasteiger partial charge on any atom is -0.494 e. The third kappa shape index (κ3) is 5.84. The molecule has 1 N–H and O–H groups in total. The summed E-state index contributed by atoms with van der Waals surface area (Å²) in [5.41, 5.74) is 5.02. The lowest BCUT2D eigenvalue weighted by atomic mass is 10.1. The van der Waals surface area contributed by atoms with Crippen LogP contribution in [0.3, 0.4) is 0 Å². The molecule has 0 atom stereocenters. The molecule has 0 aliphatic heterocycles. The minimum atomic E-state index is -0.194. The first kappa shape index (κ1) is 21.5. The summed E-state index contributed by atoms with van der Waals surface area (Å²) in [6.45, 7) is 8.52. The van der Waals surface area contributed by atoms with E-state index in [1.54, 1.807) is 7.05 Å². The summed E-state index contributed by atoms with van der Waals surface area (Å²) in [5, 5.41) is 2.94. The van der Waals surface area contributed by atoms with E-state index < -0.39 is 0 Å². The monoisotopic (exact) mass is 382 g/mol. The van der Waals surface area contributed by atoms with Crippen LogP contribution in [-0.4, -0.2) is 36.9 Å². The van der Waals surface area contributed by atoms with E-state index in [0.717, 1.165) is 33.7 Å². The van der Waals surface area contributed by atoms with E-state index >= 15 is 0 Å². The van der Waals surface area contributed by atoms with Crippen molar-refractivity contribution in [1.82, 2.24) is 4.90 Å². The van der Waals surface area contributed by atoms with Crippen molar-refractivity contribution in [2.45, 2.75) is 40.5 Å². The van der Waals surface area contributed by atoms with Gasteiger partial charge in [0.1, 0.15) is 5.75 Å². The Bertz CT molecular complexity index is 822. The summed E-state index contributed by atoms with van der Waals surface area (Å²) in [4.78, 5) is 26.3. The molecule has 0 fully saturated rings. The van der Waals surface area contributed by atoms with Gasteiger partial charge in [-0.15, -0.1) is 0 Å². The van der Waals surface area contributed by atoms with Gasteiger partial charge in [-0.3, -0.25) is 9.59 Å². The van der Waals surface area contributed by atoms with Gasteiger partial charge < -0.3 is 15.0 Å². The molecule has 2 rings (SSSR count). The molecule has 2 amide bonds. The molecule has 150 valence electrons. The van der Waals surface area contributed by atoms with E-state index in [-0.39, 0.29) is 18.4 Å². The van der Waals surface area contributed by atoms with Crippen LogP contribution < -0.4 is 10.1 Å². The second kappa shape index (κ2) is 9.93. The van der Waals surface area contributed by atoms with Crippen molar-refractivity contribution in [3.05, 3.63) is 58.7 Å². The quantitative estimate of drug-likeness (QED) is 0.750. The maximum atomic E-state index is 12.5. The number of amides is 2. The van der Waals surface area contributed by atoms with Crippen molar-refractivity contribution >= 4 is 17.5 Å². The van der Waals surface area contributed by atoms with Gasteiger partial charge in [0.05, 0.1) is 13.2 Å². The number of rotatable bonds is 8. The van der Waals surface area contributed by atoms with Crippen molar-refractivity contribution in [2.75, 3.05) is 25.5 Å². The Morgan fingerprint density at radius 3 is 2.36 bits per heavy atom. The number of ether oxygens (including phenoxy) is 1. The number of nitrogens with one attached hydrogen (secondary N) is 1. The Labute approximate surface area is 167 Å². The normalized spacial score (nSPS) is 10.5. The van der Waals surface area contributed by atoms with Gasteiger partial charge in [0.25, 0.3) is 0 Å². The van der Waals surface area contributed by atoms with E-state index in [1.165, 1.54) is 4.90 Å². The summed E-state index contributed by atoms with van der Waals surface area (Å²) >= 11 is 0. The van der Waals surface area contributed by atoms with Crippen molar-refractivity contribution in [2.24, 2.45) is 0 Å². The predicted octanol–water partition coefficient (Wildman–Crippen LogP) is 4.04. The van der Waals surface area contributed by atoms with Gasteiger partial charge in [-0.2, -0.15) is 0 Å². The molecule has 0 unspecified atom stereocenters. The summed E-state index contributed by atoms with van der Waals surface area (Å²) in [5.74, 6) is 0.544. The van der Waals surface area contributed by atoms with Crippen LogP contribution in [0, 0.1) is 20.8 Å². The van der Waals surface area contributed by atoms with Crippen molar-refractivity contribution < 1.29 is 14.3 Å². The number of anilines is 1. The van der Waals surface area contributed by atoms with Crippen LogP contribution in [0.4, 0.5) is 5.69 Å². The summed E-state index contributed by atoms with van der Waals surface area (Å²) in [7, 11) is 1.66. The fourth-order valence-electron chi connectivity index (χ4n) is 3.30. The number of hydrogen-bond donors (Lipinski definition) is 1. The van der Waals surface area contributed by atoms with E-state index in [9.17, 15) is 9.59 Å². The van der Waals surface area contributed by atoms with E-state index in [4.69, 9.17) is 4.74 Å². The topological polar surface area (TPSA) is 58.6 Å². The molecule has 2 aromatic rings. The molecule has 0 spiro atoms. The third-order valence-electron chi connectivity index (χ3n) is 4.63. The van der Waals surface area contributed by atoms with Gasteiger partial charge >= 0.3 is 0 Å². The van der Waals surface area contributed by atoms with Gasteiger partial charge in [-0.25, -0.2) is 0 Å². The SMILES string of the molecule is CCOc1ccccc1CCC(=O)N(C)CC(=O)Nc1c(C)cc(C)cc1C. The fraction of sp³-hybridized carbons (Fsp3) is 0.391. The standard InChI is InChI=1S/C23H30N2O3/c1-6-28-20-10-8-7-9-19(20)11-12-22(27)25(5)15-21(26)24-23-17(3)13-16(2)14-18(23)4/h7-10,13-14H,6,11-12,15H2,1-5H3,(H,24,26). The lowest BCUT2D eigenvalue weighted by Gasteiger charge is -2.19. The van der Waals surface area contributed by atoms with Crippen LogP contribution in [0.2, 0.25) is 0 Å². The Hall–Kier alpha value is -2.82. The van der Waals surface area contributed by atoms with Crippen LogP contribution >= 0.6 is 0 Å². The first-order valence-electron chi connectivity index (χ1n) is 9.64. The zero-order chi connectivity index (χ0) is 20.7. The first-order valence-corrected chi connectivity index (χ1v) is 9.64. The molecule has 0 bridgehead atoms. The zero-order valence-electron chi connectivity index (χ0n) is 17.5. The van der Waals surface area contributed by atoms with E-state index in [0.29, 0.717) is 19.4 Å². The van der Waals surface area contributed by atoms with Gasteiger partial charge in [0.2, 0.25) is 11.8 Å². The number of carbonyl (C=O) groups excluding carboxylic acids is 2. The molecule has 0 radical (unpaired) electrons. The highest BCUT2D eigenvalue weighted by molar-refractivity contribution is 5.95. The van der Waals surface area contributed by atoms with Gasteiger partial charge in [-0.1, -0.05) is 35.9 Å². The van der Waals surface area contributed by atoms with Crippen LogP contribution in [0.25, 0.3) is 0 Å². The first-order chi connectivity index (χ1) is 13.3. The van der Waals surface area contributed by atoms with Crippen molar-refractivity contribution in [3.63, 3.8) is 0 Å². The molecule has 0 aliphatic rings. The average Bonchev–Trinajstić information content (AvgIpc) is 2.64. The zero-order valence-corrected chi connectivity index (χ0v) is 17.5. The molecule has 0 heterocycles. The third-order valence-corrected chi connectivity index (χ3v) is 4.63. The average molecular weight is 383 g/mol. The summed E-state index contributed by atoms with van der Waals surface area (Å²) in [6.07, 6.45) is 0.910. The lowest BCUT2D eigenvalue weighted by molar-refractivity contribution is -0.133. The molecule has 28 heavy (non-hydrogen) atoms. The Morgan fingerprint density at radius 2 is 1.71 bits per heavy atom. The largest absolute Gasteiger partial charge is 0.494 e. The molecular formula is C23H30N2O3. The Morgan fingerprint density at radius 1 is 1.07 bits per heavy atom. The highest BCUT2D eigenvalue weighted by Gasteiger charge is 2.15. The van der Waals surface area contributed by atoms with Gasteiger partial charge in [-0.05, 0) is 56.9 Å². The number of para-hydroxylation sites is 1. The number of benzene rings is 2. The fourth-order valence-corrected chi connectivity index (χ4v) is 3.30. The number of carbonyl (C=O) groups is 2. The molecule has 0 aromatic heterocycles. The van der Waals surface area contributed by atoms with Gasteiger partial charge in [0.15, 0.2) is 0 Å².